The highest BCUT2D eigenvalue weighted by molar-refractivity contribution is 5.92. The molecule has 1 N–H and O–H groups in total. The summed E-state index contributed by atoms with van der Waals surface area (Å²) in [5.41, 5.74) is 6.04. The SMILES string of the molecule is CCc1cccc(C)c1Nc1ccc(C(=O)N(C)CCc2ccncc2)nc1. The van der Waals surface area contributed by atoms with Crippen LogP contribution in [-0.4, -0.2) is 34.4 Å². The Morgan fingerprint density at radius 3 is 2.57 bits per heavy atom. The third kappa shape index (κ3) is 4.74. The average molecular weight is 374 g/mol. The molecule has 2 heterocycles. The van der Waals surface area contributed by atoms with Gasteiger partial charge in [-0.2, -0.15) is 0 Å². The van der Waals surface area contributed by atoms with E-state index in [2.05, 4.69) is 47.3 Å². The maximum absolute atomic E-state index is 12.6. The monoisotopic (exact) mass is 374 g/mol. The molecule has 0 spiro atoms. The van der Waals surface area contributed by atoms with Gasteiger partial charge < -0.3 is 10.2 Å². The van der Waals surface area contributed by atoms with Crippen molar-refractivity contribution in [1.29, 1.82) is 0 Å². The van der Waals surface area contributed by atoms with Crippen LogP contribution in [0.1, 0.15) is 34.1 Å². The van der Waals surface area contributed by atoms with Gasteiger partial charge in [0.2, 0.25) is 0 Å². The number of carbonyl (C=O) groups is 1. The highest BCUT2D eigenvalue weighted by Gasteiger charge is 2.13. The van der Waals surface area contributed by atoms with E-state index in [0.717, 1.165) is 29.8 Å². The van der Waals surface area contributed by atoms with Gasteiger partial charge in [-0.15, -0.1) is 0 Å². The van der Waals surface area contributed by atoms with E-state index < -0.39 is 0 Å². The van der Waals surface area contributed by atoms with Crippen LogP contribution < -0.4 is 5.32 Å². The van der Waals surface area contributed by atoms with Gasteiger partial charge >= 0.3 is 0 Å². The van der Waals surface area contributed by atoms with Crippen molar-refractivity contribution in [3.05, 3.63) is 83.4 Å². The summed E-state index contributed by atoms with van der Waals surface area (Å²) in [5.74, 6) is -0.0780. The predicted octanol–water partition coefficient (Wildman–Crippen LogP) is 4.41. The summed E-state index contributed by atoms with van der Waals surface area (Å²) in [6.07, 6.45) is 7.00. The van der Waals surface area contributed by atoms with Crippen molar-refractivity contribution >= 4 is 17.3 Å². The number of likely N-dealkylation sites (N-methyl/N-ethyl adjacent to an activating group) is 1. The number of para-hydroxylation sites is 1. The number of nitrogens with one attached hydrogen (secondary N) is 1. The normalized spacial score (nSPS) is 10.5. The van der Waals surface area contributed by atoms with E-state index in [4.69, 9.17) is 0 Å². The number of amides is 1. The van der Waals surface area contributed by atoms with E-state index in [9.17, 15) is 4.79 Å². The Morgan fingerprint density at radius 2 is 1.89 bits per heavy atom. The number of carbonyl (C=O) groups excluding carboxylic acids is 1. The number of rotatable bonds is 7. The van der Waals surface area contributed by atoms with E-state index in [-0.39, 0.29) is 5.91 Å². The van der Waals surface area contributed by atoms with Gasteiger partial charge in [0.15, 0.2) is 0 Å². The summed E-state index contributed by atoms with van der Waals surface area (Å²) in [6, 6.07) is 13.9. The Hall–Kier alpha value is -3.21. The number of anilines is 2. The van der Waals surface area contributed by atoms with Crippen LogP contribution in [0.25, 0.3) is 0 Å². The first-order chi connectivity index (χ1) is 13.6. The van der Waals surface area contributed by atoms with Gasteiger partial charge in [0.1, 0.15) is 5.69 Å². The Balaban J connectivity index is 1.64. The number of aryl methyl sites for hydroxylation is 2. The highest BCUT2D eigenvalue weighted by Crippen LogP contribution is 2.25. The Bertz CT molecular complexity index is 923. The lowest BCUT2D eigenvalue weighted by Crippen LogP contribution is -2.29. The van der Waals surface area contributed by atoms with Crippen molar-refractivity contribution in [2.24, 2.45) is 0 Å². The van der Waals surface area contributed by atoms with Gasteiger partial charge in [-0.05, 0) is 60.7 Å². The molecular formula is C23H26N4O. The third-order valence-corrected chi connectivity index (χ3v) is 4.82. The largest absolute Gasteiger partial charge is 0.354 e. The summed E-state index contributed by atoms with van der Waals surface area (Å²) in [4.78, 5) is 22.7. The van der Waals surface area contributed by atoms with Crippen molar-refractivity contribution in [2.75, 3.05) is 18.9 Å². The average Bonchev–Trinajstić information content (AvgIpc) is 2.74. The first-order valence-corrected chi connectivity index (χ1v) is 9.54. The molecule has 0 aliphatic heterocycles. The summed E-state index contributed by atoms with van der Waals surface area (Å²) in [6.45, 7) is 4.86. The molecule has 3 aromatic rings. The highest BCUT2D eigenvalue weighted by atomic mass is 16.2. The molecular weight excluding hydrogens is 348 g/mol. The standard InChI is InChI=1S/C23H26N4O/c1-4-19-7-5-6-17(2)22(19)26-20-8-9-21(25-16-20)23(28)27(3)15-12-18-10-13-24-14-11-18/h5-11,13-14,16,26H,4,12,15H2,1-3H3. The van der Waals surface area contributed by atoms with Crippen molar-refractivity contribution in [1.82, 2.24) is 14.9 Å². The molecule has 144 valence electrons. The molecule has 1 aromatic carbocycles. The van der Waals surface area contributed by atoms with Crippen LogP contribution in [0.2, 0.25) is 0 Å². The van der Waals surface area contributed by atoms with E-state index in [1.165, 1.54) is 11.1 Å². The minimum atomic E-state index is -0.0780. The first-order valence-electron chi connectivity index (χ1n) is 9.54. The van der Waals surface area contributed by atoms with Gasteiger partial charge in [-0.1, -0.05) is 25.1 Å². The van der Waals surface area contributed by atoms with Crippen molar-refractivity contribution in [2.45, 2.75) is 26.7 Å². The second-order valence-corrected chi connectivity index (χ2v) is 6.85. The minimum Gasteiger partial charge on any atom is -0.354 e. The van der Waals surface area contributed by atoms with Gasteiger partial charge in [-0.3, -0.25) is 9.78 Å². The predicted molar refractivity (Wildman–Crippen MR) is 113 cm³/mol. The van der Waals surface area contributed by atoms with Crippen molar-refractivity contribution < 1.29 is 4.79 Å². The molecule has 3 rings (SSSR count). The van der Waals surface area contributed by atoms with Crippen LogP contribution in [0.4, 0.5) is 11.4 Å². The minimum absolute atomic E-state index is 0.0780. The molecule has 0 aliphatic carbocycles. The molecule has 0 saturated carbocycles. The van der Waals surface area contributed by atoms with Crippen LogP contribution in [-0.2, 0) is 12.8 Å². The fraction of sp³-hybridized carbons (Fsp3) is 0.261. The maximum Gasteiger partial charge on any atom is 0.272 e. The molecule has 5 heteroatoms. The van der Waals surface area contributed by atoms with Crippen molar-refractivity contribution in [3.63, 3.8) is 0 Å². The number of aromatic nitrogens is 2. The molecule has 0 atom stereocenters. The van der Waals surface area contributed by atoms with E-state index >= 15 is 0 Å². The number of hydrogen-bond acceptors (Lipinski definition) is 4. The zero-order valence-electron chi connectivity index (χ0n) is 16.6. The summed E-state index contributed by atoms with van der Waals surface area (Å²) < 4.78 is 0. The molecule has 0 bridgehead atoms. The van der Waals surface area contributed by atoms with Gasteiger partial charge in [-0.25, -0.2) is 4.98 Å². The Morgan fingerprint density at radius 1 is 1.11 bits per heavy atom. The fourth-order valence-corrected chi connectivity index (χ4v) is 3.08. The van der Waals surface area contributed by atoms with Crippen LogP contribution in [0.3, 0.4) is 0 Å². The maximum atomic E-state index is 12.6. The van der Waals surface area contributed by atoms with Crippen LogP contribution in [0, 0.1) is 6.92 Å². The van der Waals surface area contributed by atoms with Crippen LogP contribution in [0.5, 0.6) is 0 Å². The molecule has 0 unspecified atom stereocenters. The van der Waals surface area contributed by atoms with Crippen molar-refractivity contribution in [3.8, 4) is 0 Å². The lowest BCUT2D eigenvalue weighted by molar-refractivity contribution is 0.0791. The molecule has 0 aliphatic rings. The van der Waals surface area contributed by atoms with E-state index in [1.807, 2.05) is 18.2 Å². The number of nitrogens with zero attached hydrogens (tertiary/aromatic N) is 3. The fourth-order valence-electron chi connectivity index (χ4n) is 3.08. The Kier molecular flexibility index (Phi) is 6.37. The summed E-state index contributed by atoms with van der Waals surface area (Å²) in [7, 11) is 1.80. The second kappa shape index (κ2) is 9.13. The molecule has 5 nitrogen and oxygen atoms in total. The molecule has 1 amide bonds. The van der Waals surface area contributed by atoms with E-state index in [1.54, 1.807) is 36.6 Å². The second-order valence-electron chi connectivity index (χ2n) is 6.85. The van der Waals surface area contributed by atoms with E-state index in [0.29, 0.717) is 12.2 Å². The first kappa shape index (κ1) is 19.5. The lowest BCUT2D eigenvalue weighted by Gasteiger charge is -2.17. The molecule has 0 radical (unpaired) electrons. The lowest BCUT2D eigenvalue weighted by atomic mass is 10.1. The summed E-state index contributed by atoms with van der Waals surface area (Å²) >= 11 is 0. The Labute approximate surface area is 166 Å². The number of pyridine rings is 2. The third-order valence-electron chi connectivity index (χ3n) is 4.82. The number of benzene rings is 1. The summed E-state index contributed by atoms with van der Waals surface area (Å²) in [5, 5.41) is 3.44. The van der Waals surface area contributed by atoms with Crippen LogP contribution in [0.15, 0.2) is 61.1 Å². The van der Waals surface area contributed by atoms with Gasteiger partial charge in [0.05, 0.1) is 11.9 Å². The topological polar surface area (TPSA) is 58.1 Å². The molecule has 0 fully saturated rings. The van der Waals surface area contributed by atoms with Gasteiger partial charge in [0, 0.05) is 31.7 Å². The van der Waals surface area contributed by atoms with Gasteiger partial charge in [0.25, 0.3) is 5.91 Å². The van der Waals surface area contributed by atoms with Crippen LogP contribution >= 0.6 is 0 Å². The molecule has 28 heavy (non-hydrogen) atoms. The number of hydrogen-bond donors (Lipinski definition) is 1. The molecule has 0 saturated heterocycles. The zero-order chi connectivity index (χ0) is 19.9. The zero-order valence-corrected chi connectivity index (χ0v) is 16.6. The smallest absolute Gasteiger partial charge is 0.272 e. The molecule has 2 aromatic heterocycles. The quantitative estimate of drug-likeness (QED) is 0.666.